The second-order valence-corrected chi connectivity index (χ2v) is 9.42. The molecule has 4 rings (SSSR count). The van der Waals surface area contributed by atoms with Crippen LogP contribution in [0.5, 0.6) is 11.5 Å². The van der Waals surface area contributed by atoms with E-state index >= 15 is 0 Å². The molecule has 0 saturated heterocycles. The molecule has 0 aliphatic heterocycles. The molecule has 0 N–H and O–H groups in total. The SMILES string of the molecule is Cc1ccc(Cn2c(-c3ccc(Oc4ccccc4)cc3)cc(C(F)(F)F)c(CN(C)C)c2=O)c(C)c1. The predicted molar refractivity (Wildman–Crippen MR) is 140 cm³/mol. The van der Waals surface area contributed by atoms with Crippen LogP contribution >= 0.6 is 0 Å². The normalized spacial score (nSPS) is 11.7. The van der Waals surface area contributed by atoms with E-state index in [1.54, 1.807) is 43.3 Å². The number of para-hydroxylation sites is 1. The summed E-state index contributed by atoms with van der Waals surface area (Å²) in [5.74, 6) is 1.19. The van der Waals surface area contributed by atoms with Crippen LogP contribution in [0.15, 0.2) is 83.7 Å². The Morgan fingerprint density at radius 1 is 0.865 bits per heavy atom. The molecule has 0 radical (unpaired) electrons. The molecule has 0 amide bonds. The van der Waals surface area contributed by atoms with Crippen LogP contribution in [0.1, 0.15) is 27.8 Å². The van der Waals surface area contributed by atoms with Gasteiger partial charge in [-0.1, -0.05) is 42.0 Å². The zero-order chi connectivity index (χ0) is 26.7. The van der Waals surface area contributed by atoms with E-state index in [0.29, 0.717) is 17.1 Å². The van der Waals surface area contributed by atoms with E-state index in [0.717, 1.165) is 22.8 Å². The molecule has 37 heavy (non-hydrogen) atoms. The topological polar surface area (TPSA) is 34.5 Å². The van der Waals surface area contributed by atoms with Gasteiger partial charge in [-0.2, -0.15) is 13.2 Å². The maximum atomic E-state index is 14.2. The van der Waals surface area contributed by atoms with Gasteiger partial charge >= 0.3 is 6.18 Å². The Morgan fingerprint density at radius 3 is 2.11 bits per heavy atom. The van der Waals surface area contributed by atoms with E-state index in [2.05, 4.69) is 0 Å². The quantitative estimate of drug-likeness (QED) is 0.269. The molecule has 0 atom stereocenters. The average molecular weight is 507 g/mol. The van der Waals surface area contributed by atoms with Crippen LogP contribution in [0.25, 0.3) is 11.3 Å². The van der Waals surface area contributed by atoms with Crippen molar-refractivity contribution in [3.63, 3.8) is 0 Å². The van der Waals surface area contributed by atoms with Crippen LogP contribution in [0, 0.1) is 13.8 Å². The lowest BCUT2D eigenvalue weighted by molar-refractivity contribution is -0.138. The van der Waals surface area contributed by atoms with Gasteiger partial charge in [-0.15, -0.1) is 0 Å². The first kappa shape index (κ1) is 26.2. The standard InChI is InChI=1S/C30H29F3N2O2/c1-20-10-11-23(21(2)16-20)18-35-28(17-27(30(31,32)33)26(29(35)36)19-34(3)4)22-12-14-25(15-13-22)37-24-8-6-5-7-9-24/h5-17H,18-19H2,1-4H3. The van der Waals surface area contributed by atoms with Gasteiger partial charge in [0.2, 0.25) is 0 Å². The molecular formula is C30H29F3N2O2. The first-order chi connectivity index (χ1) is 17.5. The van der Waals surface area contributed by atoms with Crippen LogP contribution in [-0.2, 0) is 19.3 Å². The maximum Gasteiger partial charge on any atom is 0.416 e. The number of ether oxygens (including phenoxy) is 1. The molecule has 0 saturated carbocycles. The molecule has 0 bridgehead atoms. The Balaban J connectivity index is 1.86. The van der Waals surface area contributed by atoms with Gasteiger partial charge in [0.05, 0.1) is 17.8 Å². The van der Waals surface area contributed by atoms with Crippen LogP contribution in [-0.4, -0.2) is 23.6 Å². The lowest BCUT2D eigenvalue weighted by Gasteiger charge is -2.22. The summed E-state index contributed by atoms with van der Waals surface area (Å²) in [5.41, 5.74) is 1.77. The van der Waals surface area contributed by atoms with Crippen LogP contribution in [0.2, 0.25) is 0 Å². The van der Waals surface area contributed by atoms with Crippen molar-refractivity contribution in [1.82, 2.24) is 9.47 Å². The molecular weight excluding hydrogens is 477 g/mol. The highest BCUT2D eigenvalue weighted by Crippen LogP contribution is 2.35. The summed E-state index contributed by atoms with van der Waals surface area (Å²) < 4.78 is 49.8. The van der Waals surface area contributed by atoms with Crippen molar-refractivity contribution in [3.05, 3.63) is 117 Å². The number of aryl methyl sites for hydroxylation is 2. The van der Waals surface area contributed by atoms with Crippen molar-refractivity contribution in [1.29, 1.82) is 0 Å². The van der Waals surface area contributed by atoms with E-state index in [9.17, 15) is 18.0 Å². The number of hydrogen-bond donors (Lipinski definition) is 0. The number of halogens is 3. The third kappa shape index (κ3) is 6.12. The number of hydrogen-bond acceptors (Lipinski definition) is 3. The van der Waals surface area contributed by atoms with Crippen molar-refractivity contribution < 1.29 is 17.9 Å². The third-order valence-corrected chi connectivity index (χ3v) is 6.14. The van der Waals surface area contributed by atoms with E-state index in [1.807, 2.05) is 62.4 Å². The second-order valence-electron chi connectivity index (χ2n) is 9.42. The zero-order valence-corrected chi connectivity index (χ0v) is 21.3. The lowest BCUT2D eigenvalue weighted by atomic mass is 10.0. The summed E-state index contributed by atoms with van der Waals surface area (Å²) in [7, 11) is 3.29. The summed E-state index contributed by atoms with van der Waals surface area (Å²) >= 11 is 0. The molecule has 0 fully saturated rings. The minimum atomic E-state index is -4.67. The van der Waals surface area contributed by atoms with Crippen molar-refractivity contribution in [2.75, 3.05) is 14.1 Å². The van der Waals surface area contributed by atoms with Gasteiger partial charge in [-0.25, -0.2) is 0 Å². The van der Waals surface area contributed by atoms with Crippen molar-refractivity contribution in [3.8, 4) is 22.8 Å². The first-order valence-corrected chi connectivity index (χ1v) is 11.9. The number of rotatable bonds is 7. The molecule has 1 aromatic heterocycles. The fraction of sp³-hybridized carbons (Fsp3) is 0.233. The Labute approximate surface area is 214 Å². The van der Waals surface area contributed by atoms with E-state index < -0.39 is 17.3 Å². The number of aromatic nitrogens is 1. The molecule has 0 spiro atoms. The third-order valence-electron chi connectivity index (χ3n) is 6.14. The van der Waals surface area contributed by atoms with E-state index in [4.69, 9.17) is 4.74 Å². The molecule has 3 aromatic carbocycles. The number of nitrogens with zero attached hydrogens (tertiary/aromatic N) is 2. The van der Waals surface area contributed by atoms with Crippen molar-refractivity contribution in [2.24, 2.45) is 0 Å². The summed E-state index contributed by atoms with van der Waals surface area (Å²) in [6.45, 7) is 3.94. The summed E-state index contributed by atoms with van der Waals surface area (Å²) in [5, 5.41) is 0. The number of pyridine rings is 1. The monoisotopic (exact) mass is 506 g/mol. The number of alkyl halides is 3. The first-order valence-electron chi connectivity index (χ1n) is 11.9. The Morgan fingerprint density at radius 2 is 1.51 bits per heavy atom. The van der Waals surface area contributed by atoms with Gasteiger partial charge in [0, 0.05) is 12.1 Å². The Kier molecular flexibility index (Phi) is 7.55. The fourth-order valence-corrected chi connectivity index (χ4v) is 4.32. The highest BCUT2D eigenvalue weighted by molar-refractivity contribution is 5.63. The Bertz CT molecular complexity index is 1440. The van der Waals surface area contributed by atoms with Gasteiger partial charge in [0.1, 0.15) is 11.5 Å². The van der Waals surface area contributed by atoms with Crippen LogP contribution in [0.3, 0.4) is 0 Å². The summed E-state index contributed by atoms with van der Waals surface area (Å²) in [6.07, 6.45) is -4.67. The number of benzene rings is 3. The minimum Gasteiger partial charge on any atom is -0.457 e. The molecule has 0 aliphatic rings. The van der Waals surface area contributed by atoms with Gasteiger partial charge < -0.3 is 14.2 Å². The highest BCUT2D eigenvalue weighted by atomic mass is 19.4. The minimum absolute atomic E-state index is 0.120. The average Bonchev–Trinajstić information content (AvgIpc) is 2.83. The van der Waals surface area contributed by atoms with Crippen molar-refractivity contribution in [2.45, 2.75) is 33.1 Å². The summed E-state index contributed by atoms with van der Waals surface area (Å²) in [6, 6.07) is 22.9. The second kappa shape index (κ2) is 10.6. The van der Waals surface area contributed by atoms with E-state index in [-0.39, 0.29) is 24.3 Å². The van der Waals surface area contributed by atoms with E-state index in [1.165, 1.54) is 4.57 Å². The maximum absolute atomic E-state index is 14.2. The van der Waals surface area contributed by atoms with Crippen LogP contribution in [0.4, 0.5) is 13.2 Å². The molecule has 7 heteroatoms. The largest absolute Gasteiger partial charge is 0.457 e. The smallest absolute Gasteiger partial charge is 0.416 e. The predicted octanol–water partition coefficient (Wildman–Crippen LogP) is 7.05. The highest BCUT2D eigenvalue weighted by Gasteiger charge is 2.36. The lowest BCUT2D eigenvalue weighted by Crippen LogP contribution is -2.32. The van der Waals surface area contributed by atoms with Gasteiger partial charge in [0.25, 0.3) is 5.56 Å². The zero-order valence-electron chi connectivity index (χ0n) is 21.3. The molecule has 0 unspecified atom stereocenters. The van der Waals surface area contributed by atoms with Gasteiger partial charge in [-0.3, -0.25) is 4.79 Å². The molecule has 1 heterocycles. The van der Waals surface area contributed by atoms with Crippen LogP contribution < -0.4 is 10.3 Å². The fourth-order valence-electron chi connectivity index (χ4n) is 4.32. The van der Waals surface area contributed by atoms with Crippen molar-refractivity contribution >= 4 is 0 Å². The summed E-state index contributed by atoms with van der Waals surface area (Å²) in [4.78, 5) is 15.2. The Hall–Kier alpha value is -3.84. The van der Waals surface area contributed by atoms with Gasteiger partial charge in [0.15, 0.2) is 0 Å². The molecule has 4 nitrogen and oxygen atoms in total. The molecule has 0 aliphatic carbocycles. The molecule has 4 aromatic rings. The van der Waals surface area contributed by atoms with Gasteiger partial charge in [-0.05, 0) is 87.1 Å². The molecule has 192 valence electrons.